The third-order valence-electron chi connectivity index (χ3n) is 3.60. The number of rotatable bonds is 6. The first kappa shape index (κ1) is 20.3. The van der Waals surface area contributed by atoms with Crippen molar-refractivity contribution in [3.63, 3.8) is 0 Å². The lowest BCUT2D eigenvalue weighted by molar-refractivity contribution is -0.129. The summed E-state index contributed by atoms with van der Waals surface area (Å²) in [5, 5.41) is 0.604. The fourth-order valence-corrected chi connectivity index (χ4v) is 2.78. The Labute approximate surface area is 166 Å². The van der Waals surface area contributed by atoms with E-state index in [1.807, 2.05) is 18.2 Å². The highest BCUT2D eigenvalue weighted by Gasteiger charge is 2.09. The molecule has 7 heteroatoms. The van der Waals surface area contributed by atoms with Gasteiger partial charge in [-0.15, -0.1) is 0 Å². The number of amides is 2. The summed E-state index contributed by atoms with van der Waals surface area (Å²) in [6.45, 7) is 3.99. The summed E-state index contributed by atoms with van der Waals surface area (Å²) in [6, 6.07) is 12.7. The third kappa shape index (κ3) is 6.35. The summed E-state index contributed by atoms with van der Waals surface area (Å²) in [5.41, 5.74) is 6.65. The van der Waals surface area contributed by atoms with Crippen LogP contribution in [0.25, 0.3) is 0 Å². The second kappa shape index (κ2) is 9.59. The minimum Gasteiger partial charge on any atom is -0.483 e. The summed E-state index contributed by atoms with van der Waals surface area (Å²) >= 11 is 9.23. The highest BCUT2D eigenvalue weighted by molar-refractivity contribution is 9.10. The van der Waals surface area contributed by atoms with Crippen molar-refractivity contribution in [2.75, 3.05) is 6.61 Å². The maximum Gasteiger partial charge on any atom is 0.276 e. The normalized spacial score (nSPS) is 10.5. The summed E-state index contributed by atoms with van der Waals surface area (Å²) in [5.74, 6) is 0.189. The molecule has 0 bridgehead atoms. The van der Waals surface area contributed by atoms with Gasteiger partial charge in [-0.1, -0.05) is 43.6 Å². The van der Waals surface area contributed by atoms with E-state index in [0.29, 0.717) is 16.7 Å². The molecule has 0 radical (unpaired) electrons. The zero-order valence-electron chi connectivity index (χ0n) is 14.5. The summed E-state index contributed by atoms with van der Waals surface area (Å²) in [4.78, 5) is 23.6. The number of carbonyl (C=O) groups is 2. The van der Waals surface area contributed by atoms with E-state index in [9.17, 15) is 9.59 Å². The van der Waals surface area contributed by atoms with Crippen LogP contribution in [0.1, 0.15) is 30.9 Å². The number of benzene rings is 2. The van der Waals surface area contributed by atoms with E-state index in [0.717, 1.165) is 10.0 Å². The Kier molecular flexibility index (Phi) is 7.48. The van der Waals surface area contributed by atoms with E-state index >= 15 is 0 Å². The summed E-state index contributed by atoms with van der Waals surface area (Å²) < 4.78 is 6.25. The molecule has 26 heavy (non-hydrogen) atoms. The number of hydrogen-bond donors (Lipinski definition) is 2. The molecule has 0 aliphatic carbocycles. The van der Waals surface area contributed by atoms with Gasteiger partial charge in [0.15, 0.2) is 6.61 Å². The molecule has 2 amide bonds. The zero-order chi connectivity index (χ0) is 19.1. The first-order chi connectivity index (χ1) is 12.3. The lowest BCUT2D eigenvalue weighted by Gasteiger charge is -2.12. The van der Waals surface area contributed by atoms with Crippen LogP contribution >= 0.6 is 27.5 Å². The molecule has 0 unspecified atom stereocenters. The van der Waals surface area contributed by atoms with Gasteiger partial charge in [-0.2, -0.15) is 0 Å². The molecule has 0 aromatic heterocycles. The number of ether oxygens (including phenoxy) is 1. The highest BCUT2D eigenvalue weighted by atomic mass is 79.9. The van der Waals surface area contributed by atoms with E-state index in [-0.39, 0.29) is 18.9 Å². The largest absolute Gasteiger partial charge is 0.483 e. The van der Waals surface area contributed by atoms with Crippen LogP contribution in [0.15, 0.2) is 46.9 Å². The SMILES string of the molecule is CC(C)c1ccc(OCC(=O)NNC(=O)Cc2ccc(Cl)cc2)c(Br)c1. The van der Waals surface area contributed by atoms with Gasteiger partial charge in [-0.05, 0) is 57.2 Å². The fraction of sp³-hybridized carbons (Fsp3) is 0.263. The Bertz CT molecular complexity index is 779. The fourth-order valence-electron chi connectivity index (χ4n) is 2.14. The van der Waals surface area contributed by atoms with Crippen molar-refractivity contribution in [3.05, 3.63) is 63.1 Å². The summed E-state index contributed by atoms with van der Waals surface area (Å²) in [6.07, 6.45) is 0.139. The quantitative estimate of drug-likeness (QED) is 0.669. The number of carbonyl (C=O) groups excluding carboxylic acids is 2. The van der Waals surface area contributed by atoms with Crippen LogP contribution in [0, 0.1) is 0 Å². The van der Waals surface area contributed by atoms with Crippen molar-refractivity contribution in [3.8, 4) is 5.75 Å². The predicted molar refractivity (Wildman–Crippen MR) is 105 cm³/mol. The van der Waals surface area contributed by atoms with Crippen molar-refractivity contribution in [2.45, 2.75) is 26.2 Å². The molecule has 0 saturated heterocycles. The van der Waals surface area contributed by atoms with Gasteiger partial charge in [0.25, 0.3) is 5.91 Å². The van der Waals surface area contributed by atoms with Gasteiger partial charge in [-0.3, -0.25) is 20.4 Å². The molecule has 0 aliphatic rings. The van der Waals surface area contributed by atoms with Gasteiger partial charge in [0.1, 0.15) is 5.75 Å². The molecular formula is C19H20BrClN2O3. The Morgan fingerprint density at radius 3 is 2.35 bits per heavy atom. The van der Waals surface area contributed by atoms with E-state index in [1.54, 1.807) is 24.3 Å². The lowest BCUT2D eigenvalue weighted by atomic mass is 10.0. The zero-order valence-corrected chi connectivity index (χ0v) is 16.9. The van der Waals surface area contributed by atoms with E-state index in [1.165, 1.54) is 5.56 Å². The van der Waals surface area contributed by atoms with Crippen LogP contribution < -0.4 is 15.6 Å². The molecule has 0 spiro atoms. The van der Waals surface area contributed by atoms with E-state index in [4.69, 9.17) is 16.3 Å². The van der Waals surface area contributed by atoms with Crippen LogP contribution in [0.4, 0.5) is 0 Å². The van der Waals surface area contributed by atoms with Crippen LogP contribution in [0.3, 0.4) is 0 Å². The molecule has 0 aliphatic heterocycles. The average Bonchev–Trinajstić information content (AvgIpc) is 2.60. The van der Waals surface area contributed by atoms with Crippen molar-refractivity contribution in [1.82, 2.24) is 10.9 Å². The summed E-state index contributed by atoms with van der Waals surface area (Å²) in [7, 11) is 0. The minimum atomic E-state index is -0.450. The van der Waals surface area contributed by atoms with Crippen LogP contribution in [0.2, 0.25) is 5.02 Å². The second-order valence-electron chi connectivity index (χ2n) is 6.03. The molecule has 5 nitrogen and oxygen atoms in total. The number of hydrazine groups is 1. The molecule has 0 saturated carbocycles. The Morgan fingerprint density at radius 1 is 1.08 bits per heavy atom. The van der Waals surface area contributed by atoms with E-state index < -0.39 is 5.91 Å². The lowest BCUT2D eigenvalue weighted by Crippen LogP contribution is -2.44. The van der Waals surface area contributed by atoms with Crippen LogP contribution in [-0.2, 0) is 16.0 Å². The predicted octanol–water partition coefficient (Wildman–Crippen LogP) is 3.99. The van der Waals surface area contributed by atoms with Gasteiger partial charge in [0.2, 0.25) is 5.91 Å². The Balaban J connectivity index is 1.76. The third-order valence-corrected chi connectivity index (χ3v) is 4.47. The number of hydrogen-bond acceptors (Lipinski definition) is 3. The molecule has 0 atom stereocenters. The molecule has 138 valence electrons. The van der Waals surface area contributed by atoms with Gasteiger partial charge in [-0.25, -0.2) is 0 Å². The Morgan fingerprint density at radius 2 is 1.73 bits per heavy atom. The van der Waals surface area contributed by atoms with Gasteiger partial charge >= 0.3 is 0 Å². The van der Waals surface area contributed by atoms with Crippen LogP contribution in [-0.4, -0.2) is 18.4 Å². The van der Waals surface area contributed by atoms with Crippen LogP contribution in [0.5, 0.6) is 5.75 Å². The molecule has 0 heterocycles. The van der Waals surface area contributed by atoms with Crippen molar-refractivity contribution in [2.24, 2.45) is 0 Å². The first-order valence-electron chi connectivity index (χ1n) is 8.09. The smallest absolute Gasteiger partial charge is 0.276 e. The van der Waals surface area contributed by atoms with Crippen molar-refractivity contribution in [1.29, 1.82) is 0 Å². The van der Waals surface area contributed by atoms with Gasteiger partial charge in [0, 0.05) is 5.02 Å². The molecular weight excluding hydrogens is 420 g/mol. The minimum absolute atomic E-state index is 0.139. The number of halogens is 2. The standard InChI is InChI=1S/C19H20BrClN2O3/c1-12(2)14-5-8-17(16(20)10-14)26-11-19(25)23-22-18(24)9-13-3-6-15(21)7-4-13/h3-8,10,12H,9,11H2,1-2H3,(H,22,24)(H,23,25). The monoisotopic (exact) mass is 438 g/mol. The topological polar surface area (TPSA) is 67.4 Å². The van der Waals surface area contributed by atoms with Gasteiger partial charge < -0.3 is 4.74 Å². The first-order valence-corrected chi connectivity index (χ1v) is 9.26. The Hall–Kier alpha value is -2.05. The maximum absolute atomic E-state index is 11.8. The second-order valence-corrected chi connectivity index (χ2v) is 7.32. The highest BCUT2D eigenvalue weighted by Crippen LogP contribution is 2.28. The molecule has 2 aromatic rings. The molecule has 0 fully saturated rings. The van der Waals surface area contributed by atoms with Crippen molar-refractivity contribution < 1.29 is 14.3 Å². The molecule has 2 aromatic carbocycles. The molecule has 2 N–H and O–H groups in total. The number of nitrogens with one attached hydrogen (secondary N) is 2. The van der Waals surface area contributed by atoms with Crippen molar-refractivity contribution >= 4 is 39.3 Å². The maximum atomic E-state index is 11.8. The van der Waals surface area contributed by atoms with E-state index in [2.05, 4.69) is 40.6 Å². The van der Waals surface area contributed by atoms with Gasteiger partial charge in [0.05, 0.1) is 10.9 Å². The average molecular weight is 440 g/mol. The molecule has 2 rings (SSSR count).